The van der Waals surface area contributed by atoms with Crippen molar-refractivity contribution in [2.45, 2.75) is 13.3 Å². The highest BCUT2D eigenvalue weighted by Gasteiger charge is 2.26. The van der Waals surface area contributed by atoms with Crippen molar-refractivity contribution in [2.24, 2.45) is 0 Å². The van der Waals surface area contributed by atoms with Crippen LogP contribution in [0.5, 0.6) is 0 Å². The minimum absolute atomic E-state index is 0.0197. The van der Waals surface area contributed by atoms with E-state index >= 15 is 0 Å². The summed E-state index contributed by atoms with van der Waals surface area (Å²) in [5, 5.41) is 5.30. The Morgan fingerprint density at radius 1 is 1.00 bits per heavy atom. The highest BCUT2D eigenvalue weighted by molar-refractivity contribution is 7.14. The van der Waals surface area contributed by atoms with Crippen LogP contribution in [0.3, 0.4) is 0 Å². The van der Waals surface area contributed by atoms with Crippen LogP contribution in [0.1, 0.15) is 31.8 Å². The summed E-state index contributed by atoms with van der Waals surface area (Å²) >= 11 is 1.38. The lowest BCUT2D eigenvalue weighted by Gasteiger charge is -2.17. The number of hydrogen-bond acceptors (Lipinski definition) is 5. The number of benzene rings is 2. The second-order valence-corrected chi connectivity index (χ2v) is 8.50. The molecule has 2 aromatic heterocycles. The van der Waals surface area contributed by atoms with Gasteiger partial charge in [0, 0.05) is 46.7 Å². The van der Waals surface area contributed by atoms with Crippen LogP contribution < -0.4 is 10.2 Å². The van der Waals surface area contributed by atoms with Gasteiger partial charge in [0.1, 0.15) is 0 Å². The van der Waals surface area contributed by atoms with E-state index in [-0.39, 0.29) is 11.8 Å². The average molecular weight is 441 g/mol. The van der Waals surface area contributed by atoms with Gasteiger partial charge >= 0.3 is 0 Å². The zero-order valence-corrected chi connectivity index (χ0v) is 18.2. The van der Waals surface area contributed by atoms with Crippen molar-refractivity contribution in [3.8, 4) is 11.3 Å². The third kappa shape index (κ3) is 3.90. The van der Waals surface area contributed by atoms with Crippen molar-refractivity contribution >= 4 is 34.0 Å². The largest absolute Gasteiger partial charge is 0.308 e. The van der Waals surface area contributed by atoms with Crippen molar-refractivity contribution < 1.29 is 9.59 Å². The molecule has 0 bridgehead atoms. The SMILES string of the molecule is Cc1ccc(C(=O)N2CCc3cc(-c4csc(NC(=O)c5ccncc5)n4)ccc32)cc1. The van der Waals surface area contributed by atoms with Crippen molar-refractivity contribution in [3.05, 3.63) is 94.6 Å². The van der Waals surface area contributed by atoms with Gasteiger partial charge in [0.15, 0.2) is 5.13 Å². The number of nitrogens with zero attached hydrogens (tertiary/aromatic N) is 3. The third-order valence-electron chi connectivity index (χ3n) is 5.48. The zero-order chi connectivity index (χ0) is 22.1. The first-order valence-corrected chi connectivity index (χ1v) is 11.2. The lowest BCUT2D eigenvalue weighted by molar-refractivity contribution is 0.0987. The normalized spacial score (nSPS) is 12.5. The Labute approximate surface area is 189 Å². The summed E-state index contributed by atoms with van der Waals surface area (Å²) in [7, 11) is 0. The maximum absolute atomic E-state index is 13.0. The van der Waals surface area contributed by atoms with Gasteiger partial charge in [-0.05, 0) is 55.3 Å². The Balaban J connectivity index is 1.33. The van der Waals surface area contributed by atoms with E-state index in [1.807, 2.05) is 53.6 Å². The van der Waals surface area contributed by atoms with Crippen LogP contribution in [0.4, 0.5) is 10.8 Å². The van der Waals surface area contributed by atoms with Crippen molar-refractivity contribution in [2.75, 3.05) is 16.8 Å². The maximum atomic E-state index is 13.0. The van der Waals surface area contributed by atoms with Gasteiger partial charge in [-0.2, -0.15) is 0 Å². The molecule has 4 aromatic rings. The molecule has 0 spiro atoms. The summed E-state index contributed by atoms with van der Waals surface area (Å²) in [5.74, 6) is -0.196. The van der Waals surface area contributed by atoms with E-state index in [0.29, 0.717) is 22.8 Å². The van der Waals surface area contributed by atoms with Crippen LogP contribution in [0.2, 0.25) is 0 Å². The molecule has 1 aliphatic rings. The zero-order valence-electron chi connectivity index (χ0n) is 17.4. The fraction of sp³-hybridized carbons (Fsp3) is 0.120. The van der Waals surface area contributed by atoms with Gasteiger partial charge in [0.2, 0.25) is 0 Å². The molecule has 0 unspecified atom stereocenters. The lowest BCUT2D eigenvalue weighted by Crippen LogP contribution is -2.28. The highest BCUT2D eigenvalue weighted by atomic mass is 32.1. The molecule has 1 aliphatic heterocycles. The van der Waals surface area contributed by atoms with Crippen LogP contribution in [0.25, 0.3) is 11.3 Å². The smallest absolute Gasteiger partial charge is 0.258 e. The first kappa shape index (κ1) is 20.1. The predicted octanol–water partition coefficient (Wildman–Crippen LogP) is 4.97. The molecule has 0 radical (unpaired) electrons. The number of amides is 2. The molecule has 1 N–H and O–H groups in total. The molecule has 158 valence electrons. The van der Waals surface area contributed by atoms with E-state index in [4.69, 9.17) is 0 Å². The second-order valence-electron chi connectivity index (χ2n) is 7.64. The number of thiazole rings is 1. The second kappa shape index (κ2) is 8.36. The number of aromatic nitrogens is 2. The Kier molecular flexibility index (Phi) is 5.25. The quantitative estimate of drug-likeness (QED) is 0.486. The van der Waals surface area contributed by atoms with Gasteiger partial charge in [-0.25, -0.2) is 4.98 Å². The van der Waals surface area contributed by atoms with Crippen LogP contribution in [-0.4, -0.2) is 28.3 Å². The number of nitrogens with one attached hydrogen (secondary N) is 1. The summed E-state index contributed by atoms with van der Waals surface area (Å²) in [6.45, 7) is 2.67. The summed E-state index contributed by atoms with van der Waals surface area (Å²) < 4.78 is 0. The molecule has 7 heteroatoms. The summed E-state index contributed by atoms with van der Waals surface area (Å²) in [5.41, 5.74) is 6.20. The van der Waals surface area contributed by atoms with Gasteiger partial charge in [0.05, 0.1) is 5.69 Å². The standard InChI is InChI=1S/C25H20N4O2S/c1-16-2-4-18(5-3-16)24(31)29-13-10-20-14-19(6-7-22(20)29)21-15-32-25(27-21)28-23(30)17-8-11-26-12-9-17/h2-9,11-12,14-15H,10,13H2,1H3,(H,27,28,30). The molecule has 0 saturated carbocycles. The Bertz CT molecular complexity index is 1300. The maximum Gasteiger partial charge on any atom is 0.258 e. The fourth-order valence-corrected chi connectivity index (χ4v) is 4.48. The van der Waals surface area contributed by atoms with Crippen LogP contribution in [-0.2, 0) is 6.42 Å². The molecule has 2 amide bonds. The number of pyridine rings is 1. The van der Waals surface area contributed by atoms with Gasteiger partial charge in [-0.1, -0.05) is 23.8 Å². The number of hydrogen-bond donors (Lipinski definition) is 1. The molecule has 6 nitrogen and oxygen atoms in total. The van der Waals surface area contributed by atoms with E-state index in [0.717, 1.165) is 34.5 Å². The number of anilines is 2. The van der Waals surface area contributed by atoms with Crippen molar-refractivity contribution in [1.29, 1.82) is 0 Å². The molecular formula is C25H20N4O2S. The fourth-order valence-electron chi connectivity index (χ4n) is 3.76. The number of fused-ring (bicyclic) bond motifs is 1. The first-order chi connectivity index (χ1) is 15.6. The number of carbonyl (C=O) groups excluding carboxylic acids is 2. The Morgan fingerprint density at radius 2 is 1.78 bits per heavy atom. The third-order valence-corrected chi connectivity index (χ3v) is 6.24. The lowest BCUT2D eigenvalue weighted by atomic mass is 10.1. The van der Waals surface area contributed by atoms with E-state index in [1.165, 1.54) is 11.3 Å². The monoisotopic (exact) mass is 440 g/mol. The van der Waals surface area contributed by atoms with Gasteiger partial charge in [-0.15, -0.1) is 11.3 Å². The molecule has 2 aromatic carbocycles. The van der Waals surface area contributed by atoms with E-state index in [2.05, 4.69) is 21.4 Å². The minimum atomic E-state index is -0.215. The minimum Gasteiger partial charge on any atom is -0.308 e. The van der Waals surface area contributed by atoms with E-state index in [9.17, 15) is 9.59 Å². The van der Waals surface area contributed by atoms with Gasteiger partial charge < -0.3 is 4.90 Å². The number of aryl methyl sites for hydroxylation is 1. The molecule has 0 atom stereocenters. The molecule has 0 fully saturated rings. The summed E-state index contributed by atoms with van der Waals surface area (Å²) in [4.78, 5) is 35.6. The van der Waals surface area contributed by atoms with Crippen LogP contribution in [0.15, 0.2) is 72.4 Å². The van der Waals surface area contributed by atoms with E-state index < -0.39 is 0 Å². The van der Waals surface area contributed by atoms with E-state index in [1.54, 1.807) is 24.5 Å². The van der Waals surface area contributed by atoms with Crippen molar-refractivity contribution in [1.82, 2.24) is 9.97 Å². The Hall–Kier alpha value is -3.84. The topological polar surface area (TPSA) is 75.2 Å². The average Bonchev–Trinajstić information content (AvgIpc) is 3.46. The number of carbonyl (C=O) groups is 2. The molecule has 0 aliphatic carbocycles. The van der Waals surface area contributed by atoms with Crippen LogP contribution in [0, 0.1) is 6.92 Å². The Morgan fingerprint density at radius 3 is 2.56 bits per heavy atom. The van der Waals surface area contributed by atoms with Gasteiger partial charge in [-0.3, -0.25) is 19.9 Å². The van der Waals surface area contributed by atoms with Gasteiger partial charge in [0.25, 0.3) is 11.8 Å². The highest BCUT2D eigenvalue weighted by Crippen LogP contribution is 2.34. The summed E-state index contributed by atoms with van der Waals surface area (Å²) in [6, 6.07) is 17.0. The number of rotatable bonds is 4. The molecule has 0 saturated heterocycles. The summed E-state index contributed by atoms with van der Waals surface area (Å²) in [6.07, 6.45) is 3.97. The molecular weight excluding hydrogens is 420 g/mol. The molecule has 3 heterocycles. The van der Waals surface area contributed by atoms with Crippen molar-refractivity contribution in [3.63, 3.8) is 0 Å². The molecule has 5 rings (SSSR count). The first-order valence-electron chi connectivity index (χ1n) is 10.3. The van der Waals surface area contributed by atoms with Crippen LogP contribution >= 0.6 is 11.3 Å². The molecule has 32 heavy (non-hydrogen) atoms. The predicted molar refractivity (Wildman–Crippen MR) is 126 cm³/mol.